The van der Waals surface area contributed by atoms with Crippen molar-refractivity contribution in [3.63, 3.8) is 0 Å². The second-order valence-corrected chi connectivity index (χ2v) is 8.49. The van der Waals surface area contributed by atoms with E-state index in [1.54, 1.807) is 18.5 Å². The van der Waals surface area contributed by atoms with Crippen molar-refractivity contribution in [3.05, 3.63) is 54.1 Å². The SMILES string of the molecule is CN(CCCC(=O)c1ccc(F)cc1)CCN(C)c1ncccn1.O=S(=O)(O)O.O=S(=O)(O)O. The van der Waals surface area contributed by atoms with Gasteiger partial charge in [-0.1, -0.05) is 0 Å². The Balaban J connectivity index is 0.000000916. The number of carbonyl (C=O) groups is 1. The molecule has 0 unspecified atom stereocenters. The van der Waals surface area contributed by atoms with E-state index < -0.39 is 20.8 Å². The normalized spacial score (nSPS) is 11.1. The quantitative estimate of drug-likeness (QED) is 0.270. The minimum atomic E-state index is -4.67. The minimum Gasteiger partial charge on any atom is -0.343 e. The summed E-state index contributed by atoms with van der Waals surface area (Å²) >= 11 is 0. The summed E-state index contributed by atoms with van der Waals surface area (Å²) < 4.78 is 76.0. The molecule has 1 heterocycles. The summed E-state index contributed by atoms with van der Waals surface area (Å²) in [5, 5.41) is 0. The molecule has 1 aromatic heterocycles. The minimum absolute atomic E-state index is 0.0539. The number of hydrogen-bond donors (Lipinski definition) is 4. The van der Waals surface area contributed by atoms with Gasteiger partial charge in [-0.05, 0) is 50.3 Å². The first kappa shape index (κ1) is 31.4. The van der Waals surface area contributed by atoms with Crippen LogP contribution >= 0.6 is 0 Å². The van der Waals surface area contributed by atoms with E-state index in [-0.39, 0.29) is 11.6 Å². The number of anilines is 1. The second-order valence-electron chi connectivity index (χ2n) is 6.70. The number of rotatable bonds is 9. The molecule has 34 heavy (non-hydrogen) atoms. The Kier molecular flexibility index (Phi) is 14.2. The Morgan fingerprint density at radius 2 is 1.35 bits per heavy atom. The van der Waals surface area contributed by atoms with E-state index in [2.05, 4.69) is 14.9 Å². The van der Waals surface area contributed by atoms with E-state index in [4.69, 9.17) is 35.0 Å². The standard InChI is InChI=1S/C18H23FN4O.2H2O4S/c1-22(13-14-23(2)18-20-10-4-11-21-18)12-3-5-17(24)15-6-8-16(19)9-7-15;2*1-5(2,3)4/h4,6-11H,3,5,12-14H2,1-2H3;2*(H2,1,2,3,4). The molecule has 0 amide bonds. The lowest BCUT2D eigenvalue weighted by Gasteiger charge is -2.21. The van der Waals surface area contributed by atoms with Crippen LogP contribution in [0.25, 0.3) is 0 Å². The van der Waals surface area contributed by atoms with E-state index >= 15 is 0 Å². The van der Waals surface area contributed by atoms with Crippen molar-refractivity contribution in [2.75, 3.05) is 38.6 Å². The van der Waals surface area contributed by atoms with Gasteiger partial charge >= 0.3 is 20.8 Å². The van der Waals surface area contributed by atoms with E-state index in [1.807, 2.05) is 19.0 Å². The van der Waals surface area contributed by atoms with E-state index in [0.717, 1.165) is 26.1 Å². The zero-order valence-electron chi connectivity index (χ0n) is 18.4. The third-order valence-corrected chi connectivity index (χ3v) is 3.82. The van der Waals surface area contributed by atoms with Crippen molar-refractivity contribution in [2.45, 2.75) is 12.8 Å². The molecule has 0 aliphatic carbocycles. The number of aromatic nitrogens is 2. The molecule has 13 nitrogen and oxygen atoms in total. The highest BCUT2D eigenvalue weighted by Gasteiger charge is 2.08. The lowest BCUT2D eigenvalue weighted by molar-refractivity contribution is 0.0976. The third kappa shape index (κ3) is 20.0. The van der Waals surface area contributed by atoms with Crippen molar-refractivity contribution in [1.82, 2.24) is 14.9 Å². The van der Waals surface area contributed by atoms with Crippen LogP contribution in [0.5, 0.6) is 0 Å². The summed E-state index contributed by atoms with van der Waals surface area (Å²) in [6.07, 6.45) is 4.69. The molecule has 0 saturated carbocycles. The van der Waals surface area contributed by atoms with Gasteiger partial charge < -0.3 is 9.80 Å². The summed E-state index contributed by atoms with van der Waals surface area (Å²) in [6.45, 7) is 2.50. The number of carbonyl (C=O) groups excluding carboxylic acids is 1. The van der Waals surface area contributed by atoms with Gasteiger partial charge in [-0.2, -0.15) is 16.8 Å². The molecule has 0 fully saturated rings. The van der Waals surface area contributed by atoms with Gasteiger partial charge in [0.1, 0.15) is 5.82 Å². The second kappa shape index (κ2) is 15.3. The Hall–Kier alpha value is -2.60. The average Bonchev–Trinajstić information content (AvgIpc) is 2.70. The number of ketones is 1. The van der Waals surface area contributed by atoms with Crippen molar-refractivity contribution in [1.29, 1.82) is 0 Å². The van der Waals surface area contributed by atoms with Gasteiger partial charge in [-0.25, -0.2) is 14.4 Å². The highest BCUT2D eigenvalue weighted by atomic mass is 32.3. The molecule has 0 aliphatic heterocycles. The van der Waals surface area contributed by atoms with Gasteiger partial charge in [0.25, 0.3) is 0 Å². The summed E-state index contributed by atoms with van der Waals surface area (Å²) in [5.74, 6) is 0.438. The fraction of sp³-hybridized carbons (Fsp3) is 0.389. The summed E-state index contributed by atoms with van der Waals surface area (Å²) in [6, 6.07) is 7.51. The third-order valence-electron chi connectivity index (χ3n) is 3.82. The highest BCUT2D eigenvalue weighted by molar-refractivity contribution is 7.80. The zero-order valence-corrected chi connectivity index (χ0v) is 20.0. The molecule has 4 N–H and O–H groups in total. The van der Waals surface area contributed by atoms with Crippen molar-refractivity contribution >= 4 is 32.5 Å². The van der Waals surface area contributed by atoms with Gasteiger partial charge in [0.05, 0.1) is 0 Å². The van der Waals surface area contributed by atoms with E-state index in [9.17, 15) is 9.18 Å². The van der Waals surface area contributed by atoms with Crippen LogP contribution in [0.15, 0.2) is 42.7 Å². The summed E-state index contributed by atoms with van der Waals surface area (Å²) in [4.78, 5) is 24.6. The van der Waals surface area contributed by atoms with Crippen LogP contribution in [0.1, 0.15) is 23.2 Å². The van der Waals surface area contributed by atoms with Crippen LogP contribution in [0.3, 0.4) is 0 Å². The average molecular weight is 527 g/mol. The molecule has 0 saturated heterocycles. The van der Waals surface area contributed by atoms with Crippen LogP contribution in [-0.2, 0) is 20.8 Å². The predicted octanol–water partition coefficient (Wildman–Crippen LogP) is 1.34. The molecular formula is C18H27FN4O9S2. The topological polar surface area (TPSA) is 199 Å². The smallest absolute Gasteiger partial charge is 0.343 e. The van der Waals surface area contributed by atoms with E-state index in [0.29, 0.717) is 17.9 Å². The van der Waals surface area contributed by atoms with Crippen LogP contribution < -0.4 is 4.90 Å². The number of halogens is 1. The Morgan fingerprint density at radius 1 is 0.882 bits per heavy atom. The zero-order chi connectivity index (χ0) is 26.4. The van der Waals surface area contributed by atoms with Gasteiger partial charge in [-0.3, -0.25) is 23.0 Å². The fourth-order valence-electron chi connectivity index (χ4n) is 2.31. The molecule has 2 rings (SSSR count). The van der Waals surface area contributed by atoms with Crippen LogP contribution in [0, 0.1) is 5.82 Å². The maximum absolute atomic E-state index is 12.8. The van der Waals surface area contributed by atoms with Crippen molar-refractivity contribution < 1.29 is 44.2 Å². The monoisotopic (exact) mass is 526 g/mol. The number of nitrogens with zero attached hydrogens (tertiary/aromatic N) is 4. The Morgan fingerprint density at radius 3 is 1.82 bits per heavy atom. The maximum Gasteiger partial charge on any atom is 0.394 e. The summed E-state index contributed by atoms with van der Waals surface area (Å²) in [5.41, 5.74) is 0.569. The summed E-state index contributed by atoms with van der Waals surface area (Å²) in [7, 11) is -5.34. The first-order chi connectivity index (χ1) is 15.6. The first-order valence-corrected chi connectivity index (χ1v) is 12.2. The molecule has 192 valence electrons. The lowest BCUT2D eigenvalue weighted by atomic mass is 10.1. The van der Waals surface area contributed by atoms with Gasteiger partial charge in [0, 0.05) is 44.5 Å². The van der Waals surface area contributed by atoms with Crippen LogP contribution in [0.4, 0.5) is 10.3 Å². The molecule has 0 atom stereocenters. The maximum atomic E-state index is 12.8. The lowest BCUT2D eigenvalue weighted by Crippen LogP contribution is -2.32. The molecular weight excluding hydrogens is 499 g/mol. The Bertz CT molecular complexity index is 1020. The number of likely N-dealkylation sites (N-methyl/N-ethyl adjacent to an activating group) is 2. The molecule has 2 aromatic rings. The molecule has 0 bridgehead atoms. The highest BCUT2D eigenvalue weighted by Crippen LogP contribution is 2.08. The molecule has 0 radical (unpaired) electrons. The van der Waals surface area contributed by atoms with Crippen LogP contribution in [0.2, 0.25) is 0 Å². The first-order valence-electron chi connectivity index (χ1n) is 9.41. The van der Waals surface area contributed by atoms with Crippen LogP contribution in [-0.4, -0.2) is 89.4 Å². The molecule has 1 aromatic carbocycles. The van der Waals surface area contributed by atoms with Gasteiger partial charge in [0.2, 0.25) is 5.95 Å². The van der Waals surface area contributed by atoms with Gasteiger partial charge in [0.15, 0.2) is 5.78 Å². The number of Topliss-reactive ketones (excluding diaryl/α,β-unsaturated/α-hetero) is 1. The predicted molar refractivity (Wildman–Crippen MR) is 121 cm³/mol. The van der Waals surface area contributed by atoms with E-state index in [1.165, 1.54) is 24.3 Å². The molecule has 0 spiro atoms. The number of hydrogen-bond acceptors (Lipinski definition) is 9. The number of benzene rings is 1. The fourth-order valence-corrected chi connectivity index (χ4v) is 2.31. The van der Waals surface area contributed by atoms with Gasteiger partial charge in [-0.15, -0.1) is 0 Å². The molecule has 16 heteroatoms. The Labute approximate surface area is 197 Å². The largest absolute Gasteiger partial charge is 0.394 e. The van der Waals surface area contributed by atoms with Crippen molar-refractivity contribution in [2.24, 2.45) is 0 Å². The van der Waals surface area contributed by atoms with Crippen molar-refractivity contribution in [3.8, 4) is 0 Å². The molecule has 0 aliphatic rings.